The predicted octanol–water partition coefficient (Wildman–Crippen LogP) is 6.27. The second-order valence-corrected chi connectivity index (χ2v) is 5.77. The third-order valence-electron chi connectivity index (χ3n) is 3.61. The summed E-state index contributed by atoms with van der Waals surface area (Å²) in [5, 5.41) is 0. The zero-order valence-corrected chi connectivity index (χ0v) is 14.2. The van der Waals surface area contributed by atoms with Crippen LogP contribution in [-0.2, 0) is 9.53 Å². The van der Waals surface area contributed by atoms with Gasteiger partial charge in [0, 0.05) is 0 Å². The summed E-state index contributed by atoms with van der Waals surface area (Å²) in [5.74, 6) is -1.94. The lowest BCUT2D eigenvalue weighted by molar-refractivity contribution is -0.140. The van der Waals surface area contributed by atoms with Crippen molar-refractivity contribution in [3.63, 3.8) is 0 Å². The largest absolute Gasteiger partial charge is 0.460 e. The molecule has 0 rings (SSSR count). The van der Waals surface area contributed by atoms with Gasteiger partial charge in [0.05, 0.1) is 6.61 Å². The van der Waals surface area contributed by atoms with Crippen LogP contribution >= 0.6 is 0 Å². The van der Waals surface area contributed by atoms with Gasteiger partial charge in [0.15, 0.2) is 0 Å². The fourth-order valence-corrected chi connectivity index (χ4v) is 2.23. The third-order valence-corrected chi connectivity index (χ3v) is 3.61. The molecule has 0 unspecified atom stereocenters. The lowest BCUT2D eigenvalue weighted by atomic mass is 10.1. The van der Waals surface area contributed by atoms with Crippen LogP contribution in [0.1, 0.15) is 84.0 Å². The Morgan fingerprint density at radius 3 is 1.95 bits per heavy atom. The van der Waals surface area contributed by atoms with Crippen molar-refractivity contribution in [3.05, 3.63) is 24.6 Å². The van der Waals surface area contributed by atoms with E-state index in [1.54, 1.807) is 0 Å². The molecule has 0 aromatic rings. The van der Waals surface area contributed by atoms with Crippen LogP contribution in [0, 0.1) is 0 Å². The van der Waals surface area contributed by atoms with Crippen molar-refractivity contribution in [2.75, 3.05) is 6.61 Å². The second kappa shape index (κ2) is 16.3. The summed E-state index contributed by atoms with van der Waals surface area (Å²) >= 11 is 0. The summed E-state index contributed by atoms with van der Waals surface area (Å²) in [4.78, 5) is 10.8. The van der Waals surface area contributed by atoms with E-state index in [4.69, 9.17) is 4.74 Å². The van der Waals surface area contributed by atoms with Gasteiger partial charge < -0.3 is 4.74 Å². The van der Waals surface area contributed by atoms with Crippen LogP contribution in [0.2, 0.25) is 0 Å². The molecule has 0 aliphatic carbocycles. The van der Waals surface area contributed by atoms with Gasteiger partial charge in [-0.05, 0) is 25.7 Å². The Kier molecular flexibility index (Phi) is 15.4. The van der Waals surface area contributed by atoms with E-state index < -0.39 is 11.8 Å². The first-order chi connectivity index (χ1) is 10.7. The highest BCUT2D eigenvalue weighted by molar-refractivity contribution is 5.85. The molecule has 0 aromatic heterocycles. The van der Waals surface area contributed by atoms with E-state index in [2.05, 4.69) is 25.7 Å². The van der Waals surface area contributed by atoms with Gasteiger partial charge in [-0.1, -0.05) is 77.0 Å². The molecule has 0 aliphatic heterocycles. The highest BCUT2D eigenvalue weighted by Gasteiger charge is 2.05. The number of halogens is 1. The molecule has 0 amide bonds. The Bertz CT molecular complexity index is 311. The molecule has 0 N–H and O–H groups in total. The van der Waals surface area contributed by atoms with Gasteiger partial charge >= 0.3 is 5.97 Å². The van der Waals surface area contributed by atoms with Crippen LogP contribution < -0.4 is 0 Å². The number of hydrogen-bond acceptors (Lipinski definition) is 2. The molecule has 0 fully saturated rings. The third kappa shape index (κ3) is 15.3. The highest BCUT2D eigenvalue weighted by atomic mass is 19.1. The van der Waals surface area contributed by atoms with Crippen LogP contribution in [0.5, 0.6) is 0 Å². The molecule has 0 saturated heterocycles. The van der Waals surface area contributed by atoms with Crippen LogP contribution in [0.25, 0.3) is 0 Å². The summed E-state index contributed by atoms with van der Waals surface area (Å²) in [6.07, 6.45) is 19.1. The van der Waals surface area contributed by atoms with Crippen molar-refractivity contribution in [1.82, 2.24) is 0 Å². The van der Waals surface area contributed by atoms with Crippen molar-refractivity contribution in [3.8, 4) is 0 Å². The first-order valence-electron chi connectivity index (χ1n) is 8.85. The van der Waals surface area contributed by atoms with Gasteiger partial charge in [0.1, 0.15) is 0 Å². The van der Waals surface area contributed by atoms with Crippen molar-refractivity contribution in [2.45, 2.75) is 84.0 Å². The minimum Gasteiger partial charge on any atom is -0.460 e. The van der Waals surface area contributed by atoms with E-state index in [1.807, 2.05) is 0 Å². The predicted molar refractivity (Wildman–Crippen MR) is 91.4 cm³/mol. The van der Waals surface area contributed by atoms with E-state index in [0.29, 0.717) is 6.61 Å². The number of carbonyl (C=O) groups excluding carboxylic acids is 1. The SMILES string of the molecule is C=C(F)C(=O)OCCCCCCCCCC/C=C\CCCC. The summed E-state index contributed by atoms with van der Waals surface area (Å²) in [6.45, 7) is 5.42. The first-order valence-corrected chi connectivity index (χ1v) is 8.85. The van der Waals surface area contributed by atoms with Gasteiger partial charge in [-0.15, -0.1) is 0 Å². The van der Waals surface area contributed by atoms with Gasteiger partial charge in [0.25, 0.3) is 0 Å². The number of unbranched alkanes of at least 4 members (excludes halogenated alkanes) is 10. The van der Waals surface area contributed by atoms with Crippen molar-refractivity contribution >= 4 is 5.97 Å². The van der Waals surface area contributed by atoms with Crippen LogP contribution in [0.4, 0.5) is 4.39 Å². The van der Waals surface area contributed by atoms with Gasteiger partial charge in [-0.25, -0.2) is 4.79 Å². The zero-order chi connectivity index (χ0) is 16.5. The fraction of sp³-hybridized carbons (Fsp3) is 0.737. The summed E-state index contributed by atoms with van der Waals surface area (Å²) < 4.78 is 17.0. The maximum atomic E-state index is 12.3. The Morgan fingerprint density at radius 1 is 0.909 bits per heavy atom. The standard InChI is InChI=1S/C19H33FO2/c1-3-4-5-6-7-8-9-10-11-12-13-14-15-16-17-22-19(21)18(2)20/h6-7H,2-5,8-17H2,1H3/b7-6-. The second-order valence-electron chi connectivity index (χ2n) is 5.77. The normalized spacial score (nSPS) is 11.0. The van der Waals surface area contributed by atoms with E-state index >= 15 is 0 Å². The summed E-state index contributed by atoms with van der Waals surface area (Å²) in [7, 11) is 0. The molecule has 0 bridgehead atoms. The van der Waals surface area contributed by atoms with Gasteiger partial charge in [0.2, 0.25) is 5.83 Å². The number of carbonyl (C=O) groups is 1. The molecule has 0 atom stereocenters. The molecular formula is C19H33FO2. The molecule has 2 nitrogen and oxygen atoms in total. The molecule has 0 radical (unpaired) electrons. The maximum absolute atomic E-state index is 12.3. The van der Waals surface area contributed by atoms with Crippen LogP contribution in [0.3, 0.4) is 0 Å². The number of hydrogen-bond donors (Lipinski definition) is 0. The number of ether oxygens (including phenoxy) is 1. The topological polar surface area (TPSA) is 26.3 Å². The highest BCUT2D eigenvalue weighted by Crippen LogP contribution is 2.10. The Hall–Kier alpha value is -1.12. The zero-order valence-electron chi connectivity index (χ0n) is 14.2. The number of esters is 1. The average molecular weight is 312 g/mol. The lowest BCUT2D eigenvalue weighted by Gasteiger charge is -2.03. The maximum Gasteiger partial charge on any atom is 0.366 e. The van der Waals surface area contributed by atoms with E-state index in [0.717, 1.165) is 19.3 Å². The Balaban J connectivity index is 3.13. The van der Waals surface area contributed by atoms with E-state index in [1.165, 1.54) is 57.8 Å². The Morgan fingerprint density at radius 2 is 1.41 bits per heavy atom. The van der Waals surface area contributed by atoms with Gasteiger partial charge in [-0.2, -0.15) is 4.39 Å². The van der Waals surface area contributed by atoms with E-state index in [-0.39, 0.29) is 0 Å². The number of allylic oxidation sites excluding steroid dienone is 2. The monoisotopic (exact) mass is 312 g/mol. The quantitative estimate of drug-likeness (QED) is 0.154. The molecule has 0 heterocycles. The van der Waals surface area contributed by atoms with Crippen molar-refractivity contribution < 1.29 is 13.9 Å². The lowest BCUT2D eigenvalue weighted by Crippen LogP contribution is -2.05. The molecule has 0 aromatic carbocycles. The van der Waals surface area contributed by atoms with Crippen molar-refractivity contribution in [1.29, 1.82) is 0 Å². The molecule has 3 heteroatoms. The fourth-order valence-electron chi connectivity index (χ4n) is 2.23. The minimum atomic E-state index is -1.01. The smallest absolute Gasteiger partial charge is 0.366 e. The molecular weight excluding hydrogens is 279 g/mol. The van der Waals surface area contributed by atoms with Crippen LogP contribution in [-0.4, -0.2) is 12.6 Å². The first kappa shape index (κ1) is 20.9. The molecule has 0 spiro atoms. The molecule has 0 aliphatic rings. The molecule has 22 heavy (non-hydrogen) atoms. The van der Waals surface area contributed by atoms with Crippen LogP contribution in [0.15, 0.2) is 24.6 Å². The summed E-state index contributed by atoms with van der Waals surface area (Å²) in [5.41, 5.74) is 0. The Labute approximate surface area is 135 Å². The number of rotatable bonds is 15. The van der Waals surface area contributed by atoms with E-state index in [9.17, 15) is 9.18 Å². The molecule has 0 saturated carbocycles. The molecule has 128 valence electrons. The van der Waals surface area contributed by atoms with Crippen molar-refractivity contribution in [2.24, 2.45) is 0 Å². The average Bonchev–Trinajstić information content (AvgIpc) is 2.50. The van der Waals surface area contributed by atoms with Gasteiger partial charge in [-0.3, -0.25) is 0 Å². The minimum absolute atomic E-state index is 0.298. The summed E-state index contributed by atoms with van der Waals surface area (Å²) in [6, 6.07) is 0.